The van der Waals surface area contributed by atoms with Gasteiger partial charge in [-0.25, -0.2) is 0 Å². The summed E-state index contributed by atoms with van der Waals surface area (Å²) >= 11 is 0. The number of aromatic nitrogens is 5. The van der Waals surface area contributed by atoms with E-state index in [4.69, 9.17) is 28.9 Å². The van der Waals surface area contributed by atoms with Crippen molar-refractivity contribution in [2.75, 3.05) is 19.8 Å². The lowest BCUT2D eigenvalue weighted by molar-refractivity contribution is -0.0987. The summed E-state index contributed by atoms with van der Waals surface area (Å²) < 4.78 is 28.7. The number of aliphatic hydroxyl groups is 1. The Bertz CT molecular complexity index is 6040. The quantitative estimate of drug-likeness (QED) is 0.109. The molecule has 0 radical (unpaired) electrons. The molecule has 0 saturated carbocycles. The van der Waals surface area contributed by atoms with E-state index in [1.54, 1.807) is 0 Å². The first kappa shape index (κ1) is 80.4. The van der Waals surface area contributed by atoms with Crippen molar-refractivity contribution in [1.29, 1.82) is 0 Å². The van der Waals surface area contributed by atoms with E-state index in [-0.39, 0.29) is 6.61 Å². The molecule has 5 aromatic heterocycles. The highest BCUT2D eigenvalue weighted by Crippen LogP contribution is 2.45. The van der Waals surface area contributed by atoms with Crippen molar-refractivity contribution >= 4 is 123 Å². The van der Waals surface area contributed by atoms with Crippen molar-refractivity contribution in [3.63, 3.8) is 0 Å². The third-order valence-corrected chi connectivity index (χ3v) is 21.9. The monoisotopic (exact) mass is 1480 g/mol. The molecule has 0 saturated heterocycles. The molecule has 0 aliphatic heterocycles. The SMILES string of the molecule is C=O.C=O.CCCCC(CC)COc1ccc2c(c1)c1ccccc1n2C.CCCCOc1ccc2c(c1)c1cc(C)ccc1n2C.CCOc1ccc2c(c1)c1cc(C)ccc1n2C.Cc1ccc2c(c1)-c1ccccc1C2C.Cc1ccc2c(c1)c1ccccc1n2C.Cn1c2ccccc2c2cc(CO)ccc21. The Hall–Kier alpha value is -11.7. The third kappa shape index (κ3) is 17.4. The first-order valence-electron chi connectivity index (χ1n) is 39.1. The molecular formula is C100H109N5O6. The van der Waals surface area contributed by atoms with E-state index in [1.165, 1.54) is 179 Å². The Morgan fingerprint density at radius 3 is 1.14 bits per heavy atom. The molecule has 0 fully saturated rings. The second-order valence-electron chi connectivity index (χ2n) is 29.2. The van der Waals surface area contributed by atoms with Crippen LogP contribution in [0.25, 0.3) is 120 Å². The van der Waals surface area contributed by atoms with Crippen LogP contribution in [0.15, 0.2) is 243 Å². The highest BCUT2D eigenvalue weighted by Gasteiger charge is 2.25. The van der Waals surface area contributed by atoms with Gasteiger partial charge in [0, 0.05) is 150 Å². The van der Waals surface area contributed by atoms with Gasteiger partial charge in [0.05, 0.1) is 26.4 Å². The highest BCUT2D eigenvalue weighted by atomic mass is 16.5. The van der Waals surface area contributed by atoms with E-state index in [1.807, 2.05) is 44.8 Å². The summed E-state index contributed by atoms with van der Waals surface area (Å²) in [7, 11) is 10.6. The number of rotatable bonds is 14. The zero-order valence-corrected chi connectivity index (χ0v) is 67.5. The van der Waals surface area contributed by atoms with E-state index in [9.17, 15) is 0 Å². The summed E-state index contributed by atoms with van der Waals surface area (Å²) in [6.45, 7) is 26.0. The molecule has 11 nitrogen and oxygen atoms in total. The third-order valence-electron chi connectivity index (χ3n) is 21.9. The first-order valence-corrected chi connectivity index (χ1v) is 39.1. The van der Waals surface area contributed by atoms with Crippen LogP contribution in [0.3, 0.4) is 0 Å². The van der Waals surface area contributed by atoms with Gasteiger partial charge in [-0.15, -0.1) is 0 Å². The molecule has 11 heteroatoms. The van der Waals surface area contributed by atoms with E-state index >= 15 is 0 Å². The lowest BCUT2D eigenvalue weighted by atomic mass is 9.99. The molecule has 1 aliphatic rings. The van der Waals surface area contributed by atoms with Gasteiger partial charge >= 0.3 is 0 Å². The molecule has 0 amide bonds. The predicted octanol–water partition coefficient (Wildman–Crippen LogP) is 25.0. The van der Waals surface area contributed by atoms with Crippen LogP contribution in [-0.2, 0) is 51.4 Å². The van der Waals surface area contributed by atoms with Crippen LogP contribution in [0, 0.1) is 33.6 Å². The summed E-state index contributed by atoms with van der Waals surface area (Å²) in [6, 6.07) is 86.1. The van der Waals surface area contributed by atoms with Crippen molar-refractivity contribution in [3.8, 4) is 28.4 Å². The van der Waals surface area contributed by atoms with E-state index < -0.39 is 0 Å². The minimum absolute atomic E-state index is 0.0964. The van der Waals surface area contributed by atoms with Crippen molar-refractivity contribution in [2.45, 2.75) is 113 Å². The number of hydrogen-bond acceptors (Lipinski definition) is 6. The highest BCUT2D eigenvalue weighted by molar-refractivity contribution is 6.12. The average molecular weight is 1480 g/mol. The van der Waals surface area contributed by atoms with Crippen LogP contribution in [-0.4, -0.2) is 61.3 Å². The zero-order valence-electron chi connectivity index (χ0n) is 67.5. The summed E-state index contributed by atoms with van der Waals surface area (Å²) in [5.41, 5.74) is 24.6. The number of unbranched alkanes of at least 4 members (excludes halogenated alkanes) is 2. The summed E-state index contributed by atoms with van der Waals surface area (Å²) in [6.07, 6.45) is 7.28. The number of aliphatic hydroxyl groups excluding tert-OH is 1. The number of nitrogens with zero attached hydrogens (tertiary/aromatic N) is 5. The van der Waals surface area contributed by atoms with Crippen LogP contribution in [0.4, 0.5) is 0 Å². The van der Waals surface area contributed by atoms with Crippen LogP contribution in [0.5, 0.6) is 17.2 Å². The number of ether oxygens (including phenoxy) is 3. The lowest BCUT2D eigenvalue weighted by Gasteiger charge is -2.15. The number of fused-ring (bicyclic) bond motifs is 18. The van der Waals surface area contributed by atoms with Gasteiger partial charge in [0.15, 0.2) is 0 Å². The van der Waals surface area contributed by atoms with Crippen LogP contribution >= 0.6 is 0 Å². The topological polar surface area (TPSA) is 107 Å². The Morgan fingerprint density at radius 1 is 0.351 bits per heavy atom. The molecule has 2 unspecified atom stereocenters. The van der Waals surface area contributed by atoms with Gasteiger partial charge < -0.3 is 51.7 Å². The molecule has 0 bridgehead atoms. The predicted molar refractivity (Wildman–Crippen MR) is 471 cm³/mol. The van der Waals surface area contributed by atoms with E-state index in [2.05, 4.69) is 332 Å². The Balaban J connectivity index is 0.000000131. The van der Waals surface area contributed by atoms with Gasteiger partial charge in [-0.2, -0.15) is 0 Å². The van der Waals surface area contributed by atoms with Gasteiger partial charge in [-0.1, -0.05) is 197 Å². The molecule has 2 atom stereocenters. The minimum atomic E-state index is 0.0964. The maximum Gasteiger partial charge on any atom is 0.120 e. The van der Waals surface area contributed by atoms with Gasteiger partial charge in [-0.3, -0.25) is 0 Å². The molecular weight excluding hydrogens is 1370 g/mol. The van der Waals surface area contributed by atoms with Crippen LogP contribution in [0.2, 0.25) is 0 Å². The van der Waals surface area contributed by atoms with Crippen molar-refractivity contribution in [3.05, 3.63) is 282 Å². The van der Waals surface area contributed by atoms with Gasteiger partial charge in [0.2, 0.25) is 0 Å². The Kier molecular flexibility index (Phi) is 26.9. The molecule has 570 valence electrons. The molecule has 17 aromatic rings. The summed E-state index contributed by atoms with van der Waals surface area (Å²) in [5.74, 6) is 4.12. The fraction of sp³-hybridized carbons (Fsp3) is 0.260. The molecule has 5 heterocycles. The maximum atomic E-state index is 9.17. The Morgan fingerprint density at radius 2 is 0.694 bits per heavy atom. The van der Waals surface area contributed by atoms with E-state index in [0.717, 1.165) is 48.9 Å². The average Bonchev–Trinajstić information content (AvgIpc) is 1.65. The second-order valence-corrected chi connectivity index (χ2v) is 29.2. The smallest absolute Gasteiger partial charge is 0.120 e. The molecule has 1 N–H and O–H groups in total. The first-order chi connectivity index (χ1) is 54.0. The van der Waals surface area contributed by atoms with Crippen LogP contribution in [0.1, 0.15) is 118 Å². The number of aryl methyl sites for hydroxylation is 9. The standard InChI is InChI=1S/C21H27NO.C18H21NO.C16H17NO.C15H14.C14H13NO.C14H13N.2CH2O/c1-4-6-9-16(5-2)15-23-17-12-13-21-19(14-17)18-10-7-8-11-20(18)22(21)3;1-4-5-10-20-14-7-9-18-16(12-14)15-11-13(2)6-8-17(15)19(18)3;1-4-18-12-6-8-16-14(10-12)13-9-11(2)5-7-15(13)17(16)3;1-10-7-8-13-11(2)12-5-3-4-6-14(12)15(13)9-10;1-15-13-5-3-2-4-11(13)12-8-10(9-16)6-7-14(12)15;1-10-7-8-14-12(9-10)11-5-3-4-6-13(11)15(14)2;2*1-2/h7-8,10-14,16H,4-6,9,15H2,1-3H3;6-9,11-12H,4-5,10H2,1-3H3;5-10H,4H2,1-3H3;3-9,11H,1-2H3;2-8,16H,9H2,1H3;3-9H,1-2H3;2*1H2. The number of para-hydroxylation sites is 3. The molecule has 0 spiro atoms. The summed E-state index contributed by atoms with van der Waals surface area (Å²) in [5, 5.41) is 22.1. The van der Waals surface area contributed by atoms with Gasteiger partial charge in [0.1, 0.15) is 30.8 Å². The number of carbonyl (C=O) groups is 2. The van der Waals surface area contributed by atoms with E-state index in [0.29, 0.717) is 18.4 Å². The number of carbonyl (C=O) groups excluding carboxylic acids is 2. The number of hydrogen-bond donors (Lipinski definition) is 1. The van der Waals surface area contributed by atoms with Crippen molar-refractivity contribution in [1.82, 2.24) is 22.8 Å². The molecule has 1 aliphatic carbocycles. The van der Waals surface area contributed by atoms with Crippen molar-refractivity contribution < 1.29 is 28.9 Å². The fourth-order valence-electron chi connectivity index (χ4n) is 15.8. The maximum absolute atomic E-state index is 9.17. The lowest BCUT2D eigenvalue weighted by Crippen LogP contribution is -2.11. The normalized spacial score (nSPS) is 12.1. The van der Waals surface area contributed by atoms with Crippen LogP contribution < -0.4 is 14.2 Å². The molecule has 111 heavy (non-hydrogen) atoms. The second kappa shape index (κ2) is 37.2. The molecule has 18 rings (SSSR count). The van der Waals surface area contributed by atoms with Gasteiger partial charge in [0.25, 0.3) is 0 Å². The summed E-state index contributed by atoms with van der Waals surface area (Å²) in [4.78, 5) is 16.0. The number of benzene rings is 12. The minimum Gasteiger partial charge on any atom is -0.494 e. The Labute approximate surface area is 654 Å². The zero-order chi connectivity index (χ0) is 79.0. The largest absolute Gasteiger partial charge is 0.494 e. The van der Waals surface area contributed by atoms with Crippen molar-refractivity contribution in [2.24, 2.45) is 41.2 Å². The molecule has 12 aromatic carbocycles. The fourth-order valence-corrected chi connectivity index (χ4v) is 15.8. The van der Waals surface area contributed by atoms with Gasteiger partial charge in [-0.05, 0) is 203 Å².